The molecule has 0 saturated carbocycles. The number of H-pyrrole nitrogens is 1. The number of ether oxygens (including phenoxy) is 2. The summed E-state index contributed by atoms with van der Waals surface area (Å²) >= 11 is 0. The van der Waals surface area contributed by atoms with Gasteiger partial charge in [-0.1, -0.05) is 109 Å². The molecule has 17 nitrogen and oxygen atoms in total. The molecule has 0 fully saturated rings. The van der Waals surface area contributed by atoms with Crippen LogP contribution in [0.3, 0.4) is 0 Å². The highest BCUT2D eigenvalue weighted by Gasteiger charge is 2.40. The van der Waals surface area contributed by atoms with Crippen LogP contribution in [0.15, 0.2) is 121 Å². The molecule has 4 aromatic carbocycles. The predicted molar refractivity (Wildman–Crippen MR) is 231 cm³/mol. The topological polar surface area (TPSA) is 260 Å². The SMILES string of the molecule is COC(=O)CNC(=O)C(NC(=O)C(CC(=O)OC)NC(=O)C(CC(=O)NC(c1ccccc1)(c1ccccc1)c1ccccc1)NC(=O)C(N)Cc1c[nH]c2ccccc12)C(C)O. The zero-order chi connectivity index (χ0) is 45.5. The number of methoxy groups -OCH3 is 2. The summed E-state index contributed by atoms with van der Waals surface area (Å²) in [7, 11) is 2.16. The van der Waals surface area contributed by atoms with Crippen LogP contribution in [-0.4, -0.2) is 103 Å². The Morgan fingerprint density at radius 1 is 0.651 bits per heavy atom. The summed E-state index contributed by atoms with van der Waals surface area (Å²) in [5, 5.41) is 23.9. The zero-order valence-corrected chi connectivity index (χ0v) is 35.0. The minimum absolute atomic E-state index is 0.0433. The number of para-hydroxylation sites is 1. The maximum atomic E-state index is 14.6. The normalized spacial score (nSPS) is 13.5. The smallest absolute Gasteiger partial charge is 0.325 e. The number of nitrogens with one attached hydrogen (secondary N) is 6. The minimum atomic E-state index is -1.76. The molecule has 0 bridgehead atoms. The molecule has 5 unspecified atom stereocenters. The third kappa shape index (κ3) is 11.9. The molecule has 0 spiro atoms. The number of carbonyl (C=O) groups is 7. The van der Waals surface area contributed by atoms with Gasteiger partial charge in [0, 0.05) is 17.1 Å². The van der Waals surface area contributed by atoms with Gasteiger partial charge in [-0.3, -0.25) is 33.6 Å². The molecule has 63 heavy (non-hydrogen) atoms. The second kappa shape index (κ2) is 21.9. The van der Waals surface area contributed by atoms with Crippen LogP contribution in [0.4, 0.5) is 0 Å². The van der Waals surface area contributed by atoms with Crippen LogP contribution in [0.1, 0.15) is 42.0 Å². The number of carbonyl (C=O) groups excluding carboxylic acids is 7. The lowest BCUT2D eigenvalue weighted by molar-refractivity contribution is -0.145. The van der Waals surface area contributed by atoms with Gasteiger partial charge in [0.1, 0.15) is 30.2 Å². The van der Waals surface area contributed by atoms with Gasteiger partial charge >= 0.3 is 11.9 Å². The van der Waals surface area contributed by atoms with E-state index in [0.29, 0.717) is 16.7 Å². The summed E-state index contributed by atoms with van der Waals surface area (Å²) in [6.45, 7) is 0.614. The van der Waals surface area contributed by atoms with Gasteiger partial charge in [-0.05, 0) is 41.7 Å². The van der Waals surface area contributed by atoms with E-state index >= 15 is 0 Å². The maximum Gasteiger partial charge on any atom is 0.325 e. The summed E-state index contributed by atoms with van der Waals surface area (Å²) in [4.78, 5) is 96.9. The molecule has 5 rings (SSSR count). The van der Waals surface area contributed by atoms with Crippen LogP contribution in [-0.2, 0) is 55.0 Å². The highest BCUT2D eigenvalue weighted by Crippen LogP contribution is 2.37. The number of amides is 5. The van der Waals surface area contributed by atoms with Crippen molar-refractivity contribution < 1.29 is 48.1 Å². The Morgan fingerprint density at radius 3 is 1.68 bits per heavy atom. The predicted octanol–water partition coefficient (Wildman–Crippen LogP) is 1.22. The molecule has 5 atom stereocenters. The standard InChI is InChI=1S/C46H51N7O10/c1-28(54)41(45(61)49-27-40(57)63-3)52-44(60)37(25-39(56)62-2)51-43(59)36(50-42(58)34(47)23-29-26-48-35-22-14-13-21-33(29)35)24-38(55)53-46(30-15-7-4-8-16-30,31-17-9-5-10-18-31)32-19-11-6-12-20-32/h4-22,26,28,34,36-37,41,48,54H,23-25,27,47H2,1-3H3,(H,49,61)(H,50,58)(H,51,59)(H,52,60)(H,53,55). The molecule has 0 aliphatic rings. The number of hydrogen-bond acceptors (Lipinski definition) is 11. The quantitative estimate of drug-likeness (QED) is 0.0408. The third-order valence-electron chi connectivity index (χ3n) is 10.4. The Kier molecular flexibility index (Phi) is 16.3. The largest absolute Gasteiger partial charge is 0.469 e. The average molecular weight is 862 g/mol. The van der Waals surface area contributed by atoms with E-state index < -0.39 is 96.7 Å². The summed E-state index contributed by atoms with van der Waals surface area (Å²) in [6, 6.07) is 28.6. The number of hydrogen-bond donors (Lipinski definition) is 8. The molecule has 0 aliphatic carbocycles. The second-order valence-electron chi connectivity index (χ2n) is 14.7. The van der Waals surface area contributed by atoms with Crippen LogP contribution >= 0.6 is 0 Å². The molecule has 0 radical (unpaired) electrons. The molecule has 5 amide bonds. The fraction of sp³-hybridized carbons (Fsp3) is 0.283. The molecule has 5 aromatic rings. The van der Waals surface area contributed by atoms with Crippen molar-refractivity contribution in [1.82, 2.24) is 31.6 Å². The zero-order valence-electron chi connectivity index (χ0n) is 35.0. The fourth-order valence-corrected chi connectivity index (χ4v) is 7.08. The molecular formula is C46H51N7O10. The average Bonchev–Trinajstić information content (AvgIpc) is 3.71. The molecule has 1 aromatic heterocycles. The number of rotatable bonds is 20. The lowest BCUT2D eigenvalue weighted by Crippen LogP contribution is -2.60. The Morgan fingerprint density at radius 2 is 1.14 bits per heavy atom. The van der Waals surface area contributed by atoms with Gasteiger partial charge in [0.2, 0.25) is 29.5 Å². The number of esters is 2. The van der Waals surface area contributed by atoms with Crippen LogP contribution < -0.4 is 32.3 Å². The Balaban J connectivity index is 1.48. The Hall–Kier alpha value is -7.37. The number of aliphatic hydroxyl groups excluding tert-OH is 1. The van der Waals surface area contributed by atoms with Crippen molar-refractivity contribution in [2.24, 2.45) is 5.73 Å². The van der Waals surface area contributed by atoms with Crippen LogP contribution in [0.2, 0.25) is 0 Å². The number of fused-ring (bicyclic) bond motifs is 1. The summed E-state index contributed by atoms with van der Waals surface area (Å²) < 4.78 is 9.29. The second-order valence-corrected chi connectivity index (χ2v) is 14.7. The molecule has 0 saturated heterocycles. The minimum Gasteiger partial charge on any atom is -0.469 e. The first-order valence-corrected chi connectivity index (χ1v) is 20.1. The van der Waals surface area contributed by atoms with Crippen molar-refractivity contribution in [3.63, 3.8) is 0 Å². The molecule has 17 heteroatoms. The number of benzene rings is 4. The van der Waals surface area contributed by atoms with E-state index in [2.05, 4.69) is 36.3 Å². The molecule has 9 N–H and O–H groups in total. The van der Waals surface area contributed by atoms with Gasteiger partial charge in [0.25, 0.3) is 0 Å². The van der Waals surface area contributed by atoms with Crippen LogP contribution in [0, 0.1) is 0 Å². The highest BCUT2D eigenvalue weighted by molar-refractivity contribution is 5.98. The van der Waals surface area contributed by atoms with Gasteiger partial charge < -0.3 is 51.9 Å². The van der Waals surface area contributed by atoms with E-state index in [4.69, 9.17) is 10.5 Å². The maximum absolute atomic E-state index is 14.6. The van der Waals surface area contributed by atoms with Crippen molar-refractivity contribution in [1.29, 1.82) is 0 Å². The third-order valence-corrected chi connectivity index (χ3v) is 10.4. The van der Waals surface area contributed by atoms with Gasteiger partial charge in [-0.2, -0.15) is 0 Å². The van der Waals surface area contributed by atoms with Crippen molar-refractivity contribution >= 4 is 52.4 Å². The van der Waals surface area contributed by atoms with E-state index in [1.165, 1.54) is 6.92 Å². The lowest BCUT2D eigenvalue weighted by Gasteiger charge is -2.37. The number of aliphatic hydroxyl groups is 1. The van der Waals surface area contributed by atoms with Gasteiger partial charge in [-0.25, -0.2) is 0 Å². The van der Waals surface area contributed by atoms with Gasteiger partial charge in [0.05, 0.1) is 39.2 Å². The Bertz CT molecular complexity index is 2280. The molecule has 0 aliphatic heterocycles. The van der Waals surface area contributed by atoms with E-state index in [9.17, 15) is 38.7 Å². The summed E-state index contributed by atoms with van der Waals surface area (Å²) in [5.41, 5.74) is 8.71. The van der Waals surface area contributed by atoms with Crippen molar-refractivity contribution in [2.45, 2.75) is 62.0 Å². The summed E-state index contributed by atoms with van der Waals surface area (Å²) in [6.07, 6.45) is -1.21. The van der Waals surface area contributed by atoms with Gasteiger partial charge in [0.15, 0.2) is 0 Å². The van der Waals surface area contributed by atoms with Gasteiger partial charge in [-0.15, -0.1) is 0 Å². The molecule has 1 heterocycles. The Labute approximate surface area is 363 Å². The lowest BCUT2D eigenvalue weighted by atomic mass is 9.77. The van der Waals surface area contributed by atoms with Crippen molar-refractivity contribution in [3.05, 3.63) is 144 Å². The highest BCUT2D eigenvalue weighted by atomic mass is 16.5. The van der Waals surface area contributed by atoms with E-state index in [-0.39, 0.29) is 6.42 Å². The molecule has 330 valence electrons. The summed E-state index contributed by atoms with van der Waals surface area (Å²) in [5.74, 6) is -6.43. The monoisotopic (exact) mass is 861 g/mol. The first-order valence-electron chi connectivity index (χ1n) is 20.1. The van der Waals surface area contributed by atoms with E-state index in [1.807, 2.05) is 115 Å². The van der Waals surface area contributed by atoms with E-state index in [1.54, 1.807) is 6.20 Å². The van der Waals surface area contributed by atoms with Crippen LogP contribution in [0.5, 0.6) is 0 Å². The first kappa shape index (κ1) is 46.7. The first-order chi connectivity index (χ1) is 30.3. The van der Waals surface area contributed by atoms with E-state index in [0.717, 1.165) is 30.7 Å². The number of nitrogens with two attached hydrogens (primary N) is 1. The number of aromatic nitrogens is 1. The number of aromatic amines is 1. The fourth-order valence-electron chi connectivity index (χ4n) is 7.08. The van der Waals surface area contributed by atoms with Crippen LogP contribution in [0.25, 0.3) is 10.9 Å². The van der Waals surface area contributed by atoms with Crippen molar-refractivity contribution in [3.8, 4) is 0 Å². The van der Waals surface area contributed by atoms with Crippen molar-refractivity contribution in [2.75, 3.05) is 20.8 Å². The molecular weight excluding hydrogens is 811 g/mol.